The maximum Gasteiger partial charge on any atom is 0.261 e. The summed E-state index contributed by atoms with van der Waals surface area (Å²) in [4.78, 5) is 11.5. The summed E-state index contributed by atoms with van der Waals surface area (Å²) >= 11 is 0. The smallest absolute Gasteiger partial charge is 0.261 e. The second-order valence-corrected chi connectivity index (χ2v) is 13.3. The van der Waals surface area contributed by atoms with Crippen LogP contribution in [0.1, 0.15) is 72.6 Å². The van der Waals surface area contributed by atoms with Gasteiger partial charge in [-0.2, -0.15) is 0 Å². The summed E-state index contributed by atoms with van der Waals surface area (Å²) in [5.41, 5.74) is 0. The van der Waals surface area contributed by atoms with Crippen molar-refractivity contribution in [3.63, 3.8) is 0 Å². The van der Waals surface area contributed by atoms with Gasteiger partial charge < -0.3 is 9.22 Å². The third-order valence-corrected chi connectivity index (χ3v) is 10.8. The molecule has 0 unspecified atom stereocenters. The molecule has 2 nitrogen and oxygen atoms in total. The van der Waals surface area contributed by atoms with Crippen LogP contribution in [0.25, 0.3) is 0 Å². The molecule has 0 radical (unpaired) electrons. The van der Waals surface area contributed by atoms with Crippen LogP contribution in [0.15, 0.2) is 60.7 Å². The van der Waals surface area contributed by atoms with Gasteiger partial charge in [0.1, 0.15) is 6.29 Å². The van der Waals surface area contributed by atoms with Gasteiger partial charge in [0.25, 0.3) is 8.32 Å². The minimum Gasteiger partial charge on any atom is -0.404 e. The molecule has 0 aliphatic rings. The molecule has 0 aromatic heterocycles. The average molecular weight is 411 g/mol. The molecule has 0 spiro atoms. The van der Waals surface area contributed by atoms with Crippen molar-refractivity contribution < 1.29 is 9.22 Å². The Bertz CT molecular complexity index is 667. The second kappa shape index (κ2) is 11.5. The molecule has 2 aromatic carbocycles. The normalized spacial score (nSPS) is 13.2. The van der Waals surface area contributed by atoms with E-state index >= 15 is 0 Å². The van der Waals surface area contributed by atoms with E-state index in [0.29, 0.717) is 6.42 Å². The molecule has 0 bridgehead atoms. The van der Waals surface area contributed by atoms with Gasteiger partial charge in [-0.3, -0.25) is 0 Å². The Kier molecular flexibility index (Phi) is 9.32. The van der Waals surface area contributed by atoms with Gasteiger partial charge in [-0.15, -0.1) is 0 Å². The predicted molar refractivity (Wildman–Crippen MR) is 127 cm³/mol. The Morgan fingerprint density at radius 3 is 1.83 bits per heavy atom. The molecule has 3 heteroatoms. The summed E-state index contributed by atoms with van der Waals surface area (Å²) in [5.74, 6) is 0. The quantitative estimate of drug-likeness (QED) is 0.248. The van der Waals surface area contributed by atoms with Crippen molar-refractivity contribution in [1.82, 2.24) is 0 Å². The van der Waals surface area contributed by atoms with E-state index in [2.05, 4.69) is 88.4 Å². The van der Waals surface area contributed by atoms with Crippen LogP contribution >= 0.6 is 0 Å². The number of carbonyl (C=O) groups is 1. The largest absolute Gasteiger partial charge is 0.404 e. The standard InChI is InChI=1S/C26H38O2Si/c1-5-6-7-8-11-16-23(21-22-27)28-29(26(2,3)4,24-17-12-9-13-18-24)25-19-14-10-15-20-25/h9-10,12-15,17-20,22-23H,5-8,11,16,21H2,1-4H3/t23-/m1/s1. The lowest BCUT2D eigenvalue weighted by atomic mass is 10.1. The third kappa shape index (κ3) is 6.13. The fraction of sp³-hybridized carbons (Fsp3) is 0.500. The van der Waals surface area contributed by atoms with Crippen molar-refractivity contribution in [3.05, 3.63) is 60.7 Å². The summed E-state index contributed by atoms with van der Waals surface area (Å²) in [6.45, 7) is 9.11. The lowest BCUT2D eigenvalue weighted by molar-refractivity contribution is -0.109. The molecule has 0 saturated carbocycles. The number of unbranched alkanes of at least 4 members (excludes halogenated alkanes) is 4. The fourth-order valence-electron chi connectivity index (χ4n) is 4.25. The lowest BCUT2D eigenvalue weighted by Gasteiger charge is -2.45. The minimum atomic E-state index is -2.58. The Morgan fingerprint density at radius 2 is 1.38 bits per heavy atom. The zero-order valence-electron chi connectivity index (χ0n) is 18.7. The van der Waals surface area contributed by atoms with E-state index in [0.717, 1.165) is 19.1 Å². The van der Waals surface area contributed by atoms with Crippen LogP contribution in [-0.2, 0) is 9.22 Å². The maximum absolute atomic E-state index is 11.5. The van der Waals surface area contributed by atoms with E-state index in [9.17, 15) is 4.79 Å². The number of hydrogen-bond acceptors (Lipinski definition) is 2. The van der Waals surface area contributed by atoms with Crippen molar-refractivity contribution in [2.75, 3.05) is 0 Å². The first-order valence-corrected chi connectivity index (χ1v) is 13.1. The molecule has 2 rings (SSSR count). The lowest BCUT2D eigenvalue weighted by Crippen LogP contribution is -2.67. The zero-order chi connectivity index (χ0) is 21.2. The van der Waals surface area contributed by atoms with Gasteiger partial charge in [-0.25, -0.2) is 0 Å². The summed E-state index contributed by atoms with van der Waals surface area (Å²) in [6.07, 6.45) is 8.57. The first kappa shape index (κ1) is 23.6. The Labute approximate surface area is 178 Å². The van der Waals surface area contributed by atoms with Crippen LogP contribution in [-0.4, -0.2) is 20.7 Å². The van der Waals surface area contributed by atoms with Gasteiger partial charge in [0, 0.05) is 6.42 Å². The van der Waals surface area contributed by atoms with Crippen molar-refractivity contribution in [1.29, 1.82) is 0 Å². The molecule has 0 saturated heterocycles. The average Bonchev–Trinajstić information content (AvgIpc) is 2.72. The van der Waals surface area contributed by atoms with Crippen LogP contribution < -0.4 is 10.4 Å². The molecule has 0 heterocycles. The molecule has 0 amide bonds. The van der Waals surface area contributed by atoms with Crippen LogP contribution in [0.3, 0.4) is 0 Å². The highest BCUT2D eigenvalue weighted by atomic mass is 28.4. The highest BCUT2D eigenvalue weighted by Crippen LogP contribution is 2.38. The van der Waals surface area contributed by atoms with Gasteiger partial charge in [0.05, 0.1) is 6.10 Å². The highest BCUT2D eigenvalue weighted by Gasteiger charge is 2.51. The number of benzene rings is 2. The van der Waals surface area contributed by atoms with Gasteiger partial charge in [-0.05, 0) is 21.8 Å². The Balaban J connectivity index is 2.41. The second-order valence-electron chi connectivity index (χ2n) is 9.01. The third-order valence-electron chi connectivity index (χ3n) is 5.75. The van der Waals surface area contributed by atoms with Crippen molar-refractivity contribution in [3.8, 4) is 0 Å². The molecule has 2 aromatic rings. The van der Waals surface area contributed by atoms with Crippen molar-refractivity contribution in [2.45, 2.75) is 83.8 Å². The minimum absolute atomic E-state index is 0.0274. The molecule has 0 aliphatic carbocycles. The van der Waals surface area contributed by atoms with Crippen molar-refractivity contribution >= 4 is 25.0 Å². The van der Waals surface area contributed by atoms with Gasteiger partial charge in [0.2, 0.25) is 0 Å². The molecule has 29 heavy (non-hydrogen) atoms. The van der Waals surface area contributed by atoms with E-state index in [4.69, 9.17) is 4.43 Å². The predicted octanol–water partition coefficient (Wildman–Crippen LogP) is 5.88. The molecule has 1 atom stereocenters. The van der Waals surface area contributed by atoms with Gasteiger partial charge in [-0.1, -0.05) is 120 Å². The van der Waals surface area contributed by atoms with Crippen LogP contribution in [0.4, 0.5) is 0 Å². The first-order chi connectivity index (χ1) is 14.0. The maximum atomic E-state index is 11.5. The SMILES string of the molecule is CCCCCCC[C@H](CC=O)O[Si](c1ccccc1)(c1ccccc1)C(C)(C)C. The number of carbonyl (C=O) groups excluding carboxylic acids is 1. The van der Waals surface area contributed by atoms with Crippen LogP contribution in [0.2, 0.25) is 5.04 Å². The Morgan fingerprint density at radius 1 is 0.862 bits per heavy atom. The monoisotopic (exact) mass is 410 g/mol. The van der Waals surface area contributed by atoms with E-state index in [1.165, 1.54) is 36.1 Å². The number of hydrogen-bond donors (Lipinski definition) is 0. The number of rotatable bonds is 12. The van der Waals surface area contributed by atoms with E-state index in [1.54, 1.807) is 0 Å². The molecule has 158 valence electrons. The first-order valence-electron chi connectivity index (χ1n) is 11.2. The van der Waals surface area contributed by atoms with Gasteiger partial charge in [0.15, 0.2) is 0 Å². The van der Waals surface area contributed by atoms with E-state index in [1.807, 2.05) is 0 Å². The molecule has 0 aliphatic heterocycles. The summed E-state index contributed by atoms with van der Waals surface area (Å²) in [5, 5.41) is 2.50. The van der Waals surface area contributed by atoms with Crippen molar-refractivity contribution in [2.24, 2.45) is 0 Å². The molecular weight excluding hydrogens is 372 g/mol. The summed E-state index contributed by atoms with van der Waals surface area (Å²) in [7, 11) is -2.58. The Hall–Kier alpha value is -1.71. The molecule has 0 N–H and O–H groups in total. The fourth-order valence-corrected chi connectivity index (χ4v) is 8.98. The van der Waals surface area contributed by atoms with E-state index < -0.39 is 8.32 Å². The number of aldehydes is 1. The summed E-state index contributed by atoms with van der Waals surface area (Å²) in [6, 6.07) is 21.4. The molecule has 0 fully saturated rings. The van der Waals surface area contributed by atoms with Crippen LogP contribution in [0.5, 0.6) is 0 Å². The molecular formula is C26H38O2Si. The van der Waals surface area contributed by atoms with Crippen LogP contribution in [0, 0.1) is 0 Å². The van der Waals surface area contributed by atoms with Gasteiger partial charge >= 0.3 is 0 Å². The highest BCUT2D eigenvalue weighted by molar-refractivity contribution is 6.99. The topological polar surface area (TPSA) is 26.3 Å². The zero-order valence-corrected chi connectivity index (χ0v) is 19.7. The van der Waals surface area contributed by atoms with E-state index in [-0.39, 0.29) is 11.1 Å². The summed E-state index contributed by atoms with van der Waals surface area (Å²) < 4.78 is 7.13.